The minimum Gasteiger partial charge on any atom is -0.398 e. The number of nitrogen functional groups attached to an aromatic ring is 3. The van der Waals surface area contributed by atoms with Crippen molar-refractivity contribution in [3.05, 3.63) is 47.2 Å². The van der Waals surface area contributed by atoms with Crippen LogP contribution >= 0.6 is 0 Å². The molecule has 1 aromatic heterocycles. The number of benzene rings is 1. The second kappa shape index (κ2) is 6.63. The van der Waals surface area contributed by atoms with Crippen molar-refractivity contribution in [3.63, 3.8) is 0 Å². The van der Waals surface area contributed by atoms with Gasteiger partial charge in [0.05, 0.1) is 11.0 Å². The molecule has 0 fully saturated rings. The van der Waals surface area contributed by atoms with Crippen LogP contribution in [-0.2, 0) is 10.1 Å². The topological polar surface area (TPSA) is 136 Å². The Morgan fingerprint density at radius 3 is 1.91 bits per heavy atom. The zero-order valence-electron chi connectivity index (χ0n) is 12.7. The fourth-order valence-electron chi connectivity index (χ4n) is 2.12. The van der Waals surface area contributed by atoms with E-state index in [1.54, 1.807) is 44.3 Å². The lowest BCUT2D eigenvalue weighted by Crippen LogP contribution is -2.46. The van der Waals surface area contributed by atoms with E-state index >= 15 is 0 Å². The van der Waals surface area contributed by atoms with E-state index in [0.717, 1.165) is 5.56 Å². The van der Waals surface area contributed by atoms with Gasteiger partial charge < -0.3 is 5.73 Å². The van der Waals surface area contributed by atoms with Gasteiger partial charge in [-0.15, -0.1) is 4.68 Å². The first kappa shape index (κ1) is 17.7. The van der Waals surface area contributed by atoms with Crippen molar-refractivity contribution in [1.29, 1.82) is 0 Å². The van der Waals surface area contributed by atoms with Gasteiger partial charge in [-0.25, -0.2) is 0 Å². The van der Waals surface area contributed by atoms with Gasteiger partial charge in [0.1, 0.15) is 6.20 Å². The third-order valence-corrected chi connectivity index (χ3v) is 4.06. The van der Waals surface area contributed by atoms with Crippen LogP contribution in [-0.4, -0.2) is 13.0 Å². The van der Waals surface area contributed by atoms with Gasteiger partial charge >= 0.3 is 0 Å². The molecule has 0 atom stereocenters. The molecule has 0 spiro atoms. The van der Waals surface area contributed by atoms with E-state index in [-0.39, 0.29) is 4.90 Å². The number of nitrogens with zero attached hydrogens (tertiary/aromatic N) is 1. The molecule has 1 heterocycles. The molecule has 120 valence electrons. The first-order valence-electron chi connectivity index (χ1n) is 6.39. The van der Waals surface area contributed by atoms with E-state index in [4.69, 9.17) is 21.9 Å². The summed E-state index contributed by atoms with van der Waals surface area (Å²) in [6, 6.07) is 6.74. The Balaban J connectivity index is 0.000000235. The van der Waals surface area contributed by atoms with Crippen LogP contribution < -0.4 is 22.0 Å². The molecule has 0 bridgehead atoms. The van der Waals surface area contributed by atoms with Gasteiger partial charge in [0, 0.05) is 11.8 Å². The van der Waals surface area contributed by atoms with Crippen LogP contribution in [0, 0.1) is 20.8 Å². The highest BCUT2D eigenvalue weighted by Crippen LogP contribution is 2.20. The van der Waals surface area contributed by atoms with Gasteiger partial charge in [-0.1, -0.05) is 17.7 Å². The normalized spacial score (nSPS) is 10.7. The second-order valence-corrected chi connectivity index (χ2v) is 6.35. The number of pyridine rings is 1. The van der Waals surface area contributed by atoms with Crippen LogP contribution in [0.2, 0.25) is 0 Å². The molecule has 0 saturated heterocycles. The maximum Gasteiger partial charge on any atom is 0.297 e. The van der Waals surface area contributed by atoms with E-state index in [1.165, 1.54) is 4.68 Å². The summed E-state index contributed by atoms with van der Waals surface area (Å²) in [5.41, 5.74) is 13.5. The number of hydrogen-bond donors (Lipinski definition) is 4. The maximum atomic E-state index is 10.9. The number of nitrogens with two attached hydrogens (primary N) is 3. The van der Waals surface area contributed by atoms with Crippen LogP contribution in [0.4, 0.5) is 11.5 Å². The van der Waals surface area contributed by atoms with E-state index in [0.29, 0.717) is 22.6 Å². The number of hydrogen-bond acceptors (Lipinski definition) is 5. The molecule has 2 aromatic rings. The molecule has 1 aromatic carbocycles. The molecule has 0 radical (unpaired) electrons. The van der Waals surface area contributed by atoms with Gasteiger partial charge in [0.2, 0.25) is 0 Å². The van der Waals surface area contributed by atoms with Crippen molar-refractivity contribution in [2.24, 2.45) is 0 Å². The molecular weight excluding hydrogens is 304 g/mol. The average Bonchev–Trinajstić information content (AvgIpc) is 2.31. The lowest BCUT2D eigenvalue weighted by atomic mass is 10.1. The molecule has 22 heavy (non-hydrogen) atoms. The fraction of sp³-hybridized carbons (Fsp3) is 0.214. The minimum absolute atomic E-state index is 0.0260. The quantitative estimate of drug-likeness (QED) is 0.346. The summed E-state index contributed by atoms with van der Waals surface area (Å²) in [4.78, 5) is 0.0260. The van der Waals surface area contributed by atoms with Gasteiger partial charge in [-0.2, -0.15) is 8.42 Å². The van der Waals surface area contributed by atoms with Crippen molar-refractivity contribution in [2.45, 2.75) is 25.7 Å². The smallest absolute Gasteiger partial charge is 0.297 e. The maximum absolute atomic E-state index is 10.9. The largest absolute Gasteiger partial charge is 0.398 e. The first-order chi connectivity index (χ1) is 10.0. The zero-order chi connectivity index (χ0) is 17.1. The summed E-state index contributed by atoms with van der Waals surface area (Å²) < 4.78 is 32.1. The van der Waals surface area contributed by atoms with Crippen LogP contribution in [0.15, 0.2) is 35.4 Å². The summed E-state index contributed by atoms with van der Waals surface area (Å²) in [7, 11) is -4.08. The van der Waals surface area contributed by atoms with Crippen LogP contribution in [0.25, 0.3) is 0 Å². The Hall–Kier alpha value is -2.32. The molecule has 7 nitrogen and oxygen atoms in total. The lowest BCUT2D eigenvalue weighted by Gasteiger charge is -2.07. The minimum atomic E-state index is -4.08. The number of aryl methyl sites for hydroxylation is 3. The monoisotopic (exact) mass is 325 g/mol. The Morgan fingerprint density at radius 1 is 1.05 bits per heavy atom. The molecule has 0 unspecified atom stereocenters. The van der Waals surface area contributed by atoms with Crippen LogP contribution in [0.5, 0.6) is 0 Å². The van der Waals surface area contributed by atoms with Crippen molar-refractivity contribution < 1.29 is 17.6 Å². The predicted molar refractivity (Wildman–Crippen MR) is 86.1 cm³/mol. The second-order valence-electron chi connectivity index (χ2n) is 5.00. The van der Waals surface area contributed by atoms with Crippen molar-refractivity contribution >= 4 is 21.6 Å². The standard InChI is InChI=1S/C9H12O3S.C5H8N4/c1-6-4-7(2)9(8(3)5-6)13(10,11)12;6-4-1-2-9(8)5(7)3-4/h4-5H,1-3H3,(H,10,11,12);1-3H,8H2,(H3,6,7)/p+1. The molecule has 0 aliphatic carbocycles. The molecular formula is C14H21N4O3S+. The molecule has 0 saturated carbocycles. The van der Waals surface area contributed by atoms with Gasteiger partial charge in [-0.05, 0) is 31.9 Å². The Bertz CT molecular complexity index is 766. The Morgan fingerprint density at radius 2 is 1.55 bits per heavy atom. The van der Waals surface area contributed by atoms with E-state index in [9.17, 15) is 8.42 Å². The molecule has 2 rings (SSSR count). The van der Waals surface area contributed by atoms with Crippen LogP contribution in [0.3, 0.4) is 0 Å². The SMILES string of the molecule is Cc1cc(C)c(S(=O)(=O)O)c(C)c1.Nc1cc[n+](N)c(N)c1. The summed E-state index contributed by atoms with van der Waals surface area (Å²) in [5, 5.41) is 0. The van der Waals surface area contributed by atoms with Crippen molar-refractivity contribution in [2.75, 3.05) is 17.3 Å². The fourth-order valence-corrected chi connectivity index (χ4v) is 3.05. The molecule has 0 aliphatic heterocycles. The highest BCUT2D eigenvalue weighted by molar-refractivity contribution is 7.86. The van der Waals surface area contributed by atoms with Crippen molar-refractivity contribution in [3.8, 4) is 0 Å². The number of rotatable bonds is 1. The summed E-state index contributed by atoms with van der Waals surface area (Å²) in [6.45, 7) is 5.22. The van der Waals surface area contributed by atoms with Gasteiger partial charge in [0.15, 0.2) is 0 Å². The number of anilines is 2. The van der Waals surface area contributed by atoms with E-state index in [1.807, 2.05) is 6.92 Å². The molecule has 7 N–H and O–H groups in total. The third kappa shape index (κ3) is 4.61. The summed E-state index contributed by atoms with van der Waals surface area (Å²) in [6.07, 6.45) is 1.60. The summed E-state index contributed by atoms with van der Waals surface area (Å²) in [5.74, 6) is 5.78. The third-order valence-electron chi connectivity index (χ3n) is 2.90. The lowest BCUT2D eigenvalue weighted by molar-refractivity contribution is -0.623. The van der Waals surface area contributed by atoms with Gasteiger partial charge in [-0.3, -0.25) is 16.1 Å². The van der Waals surface area contributed by atoms with E-state index in [2.05, 4.69) is 0 Å². The van der Waals surface area contributed by atoms with Crippen molar-refractivity contribution in [1.82, 2.24) is 0 Å². The molecule has 0 aliphatic rings. The highest BCUT2D eigenvalue weighted by Gasteiger charge is 2.15. The Labute approximate surface area is 130 Å². The molecule has 8 heteroatoms. The summed E-state index contributed by atoms with van der Waals surface area (Å²) >= 11 is 0. The van der Waals surface area contributed by atoms with E-state index < -0.39 is 10.1 Å². The average molecular weight is 325 g/mol. The Kier molecular flexibility index (Phi) is 5.34. The zero-order valence-corrected chi connectivity index (χ0v) is 13.6. The van der Waals surface area contributed by atoms with Gasteiger partial charge in [0.25, 0.3) is 15.9 Å². The highest BCUT2D eigenvalue weighted by atomic mass is 32.2. The predicted octanol–water partition coefficient (Wildman–Crippen LogP) is 0.711. The van der Waals surface area contributed by atoms with Crippen LogP contribution in [0.1, 0.15) is 16.7 Å². The number of aromatic nitrogens is 1. The molecule has 0 amide bonds. The first-order valence-corrected chi connectivity index (χ1v) is 7.83.